The van der Waals surface area contributed by atoms with E-state index in [1.165, 1.54) is 43.7 Å². The highest BCUT2D eigenvalue weighted by Crippen LogP contribution is 2.28. The zero-order chi connectivity index (χ0) is 22.2. The number of nitrogens with one attached hydrogen (secondary N) is 1. The number of benzene rings is 3. The zero-order valence-corrected chi connectivity index (χ0v) is 16.5. The predicted molar refractivity (Wildman–Crippen MR) is 111 cm³/mol. The number of hydrazone groups is 1. The minimum atomic E-state index is -1.35. The second kappa shape index (κ2) is 10.1. The molecule has 158 valence electrons. The number of amides is 1. The normalized spacial score (nSPS) is 11.7. The van der Waals surface area contributed by atoms with Gasteiger partial charge in [-0.05, 0) is 47.5 Å². The van der Waals surface area contributed by atoms with E-state index < -0.39 is 23.8 Å². The first-order chi connectivity index (χ1) is 15.0. The van der Waals surface area contributed by atoms with E-state index in [0.717, 1.165) is 6.07 Å². The van der Waals surface area contributed by atoms with Gasteiger partial charge < -0.3 is 14.6 Å². The Morgan fingerprint density at radius 3 is 2.52 bits per heavy atom. The van der Waals surface area contributed by atoms with Crippen molar-refractivity contribution in [1.82, 2.24) is 5.43 Å². The standard InChI is InChI=1S/C23H19FN2O5/c1-30-20-12-15(14-25-26-22(28)21(27)16-6-3-2-4-7-16)10-11-19(20)31-23(29)17-8-5-9-18(24)13-17/h2-14,21,27H,1H3,(H,26,28)/t21-/m0/s1. The molecule has 0 aliphatic rings. The van der Waals surface area contributed by atoms with Gasteiger partial charge in [-0.15, -0.1) is 0 Å². The van der Waals surface area contributed by atoms with Crippen LogP contribution in [0.3, 0.4) is 0 Å². The first-order valence-electron chi connectivity index (χ1n) is 9.19. The monoisotopic (exact) mass is 422 g/mol. The summed E-state index contributed by atoms with van der Waals surface area (Å²) in [7, 11) is 1.40. The van der Waals surface area contributed by atoms with Gasteiger partial charge in [0.15, 0.2) is 17.6 Å². The molecule has 0 unspecified atom stereocenters. The van der Waals surface area contributed by atoms with Gasteiger partial charge in [-0.25, -0.2) is 14.6 Å². The number of esters is 1. The summed E-state index contributed by atoms with van der Waals surface area (Å²) >= 11 is 0. The molecule has 0 bridgehead atoms. The number of carbonyl (C=O) groups is 2. The molecule has 31 heavy (non-hydrogen) atoms. The van der Waals surface area contributed by atoms with Gasteiger partial charge in [0.05, 0.1) is 18.9 Å². The van der Waals surface area contributed by atoms with Gasteiger partial charge in [0.1, 0.15) is 5.82 Å². The summed E-state index contributed by atoms with van der Waals surface area (Å²) in [6.45, 7) is 0. The van der Waals surface area contributed by atoms with Gasteiger partial charge in [0.25, 0.3) is 5.91 Å². The van der Waals surface area contributed by atoms with Crippen LogP contribution in [0.5, 0.6) is 11.5 Å². The average molecular weight is 422 g/mol. The van der Waals surface area contributed by atoms with Crippen molar-refractivity contribution in [3.8, 4) is 11.5 Å². The van der Waals surface area contributed by atoms with Crippen molar-refractivity contribution >= 4 is 18.1 Å². The van der Waals surface area contributed by atoms with Gasteiger partial charge in [-0.3, -0.25) is 4.79 Å². The SMILES string of the molecule is COc1cc(C=NNC(=O)[C@@H](O)c2ccccc2)ccc1OC(=O)c1cccc(F)c1. The van der Waals surface area contributed by atoms with Crippen LogP contribution in [0.25, 0.3) is 0 Å². The average Bonchev–Trinajstić information content (AvgIpc) is 2.79. The molecule has 0 fully saturated rings. The van der Waals surface area contributed by atoms with Crippen LogP contribution in [-0.2, 0) is 4.79 Å². The molecule has 0 heterocycles. The number of methoxy groups -OCH3 is 1. The van der Waals surface area contributed by atoms with E-state index in [-0.39, 0.29) is 17.1 Å². The maximum absolute atomic E-state index is 13.3. The fraction of sp³-hybridized carbons (Fsp3) is 0.0870. The molecule has 0 radical (unpaired) electrons. The smallest absolute Gasteiger partial charge is 0.343 e. The molecule has 0 aliphatic heterocycles. The van der Waals surface area contributed by atoms with Crippen molar-refractivity contribution in [2.24, 2.45) is 5.10 Å². The molecule has 3 aromatic carbocycles. The lowest BCUT2D eigenvalue weighted by Crippen LogP contribution is -2.25. The molecule has 3 aromatic rings. The first-order valence-corrected chi connectivity index (χ1v) is 9.19. The summed E-state index contributed by atoms with van der Waals surface area (Å²) in [5, 5.41) is 13.8. The molecule has 0 aromatic heterocycles. The highest BCUT2D eigenvalue weighted by molar-refractivity contribution is 5.91. The fourth-order valence-electron chi connectivity index (χ4n) is 2.64. The summed E-state index contributed by atoms with van der Waals surface area (Å²) in [6.07, 6.45) is -0.00598. The lowest BCUT2D eigenvalue weighted by molar-refractivity contribution is -0.129. The Bertz CT molecular complexity index is 1100. The number of hydrogen-bond acceptors (Lipinski definition) is 6. The Morgan fingerprint density at radius 1 is 1.03 bits per heavy atom. The lowest BCUT2D eigenvalue weighted by atomic mass is 10.1. The van der Waals surface area contributed by atoms with Crippen LogP contribution in [0.2, 0.25) is 0 Å². The summed E-state index contributed by atoms with van der Waals surface area (Å²) in [5.74, 6) is -1.59. The molecule has 1 atom stereocenters. The van der Waals surface area contributed by atoms with Crippen LogP contribution in [0, 0.1) is 5.82 Å². The molecule has 0 saturated heterocycles. The fourth-order valence-corrected chi connectivity index (χ4v) is 2.64. The summed E-state index contributed by atoms with van der Waals surface area (Å²) in [5.41, 5.74) is 3.31. The highest BCUT2D eigenvalue weighted by Gasteiger charge is 2.16. The summed E-state index contributed by atoms with van der Waals surface area (Å²) < 4.78 is 23.8. The number of rotatable bonds is 7. The molecular weight excluding hydrogens is 403 g/mol. The number of aliphatic hydroxyl groups is 1. The highest BCUT2D eigenvalue weighted by atomic mass is 19.1. The Morgan fingerprint density at radius 2 is 1.81 bits per heavy atom. The van der Waals surface area contributed by atoms with Gasteiger partial charge in [0, 0.05) is 0 Å². The summed E-state index contributed by atoms with van der Waals surface area (Å²) in [6, 6.07) is 18.2. The van der Waals surface area contributed by atoms with E-state index in [9.17, 15) is 19.1 Å². The number of halogens is 1. The van der Waals surface area contributed by atoms with E-state index in [1.54, 1.807) is 36.4 Å². The Kier molecular flexibility index (Phi) is 7.08. The van der Waals surface area contributed by atoms with Crippen molar-refractivity contribution < 1.29 is 28.6 Å². The molecule has 3 rings (SSSR count). The van der Waals surface area contributed by atoms with Crippen molar-refractivity contribution in [3.05, 3.63) is 95.3 Å². The number of hydrogen-bond donors (Lipinski definition) is 2. The topological polar surface area (TPSA) is 97.2 Å². The van der Waals surface area contributed by atoms with Gasteiger partial charge in [0.2, 0.25) is 0 Å². The third kappa shape index (κ3) is 5.74. The molecule has 8 heteroatoms. The third-order valence-corrected chi connectivity index (χ3v) is 4.20. The van der Waals surface area contributed by atoms with Crippen molar-refractivity contribution in [2.45, 2.75) is 6.10 Å². The maximum Gasteiger partial charge on any atom is 0.343 e. The minimum absolute atomic E-state index is 0.0624. The second-order valence-electron chi connectivity index (χ2n) is 6.36. The van der Waals surface area contributed by atoms with Crippen LogP contribution in [0.1, 0.15) is 27.6 Å². The second-order valence-corrected chi connectivity index (χ2v) is 6.36. The van der Waals surface area contributed by atoms with Crippen molar-refractivity contribution in [2.75, 3.05) is 7.11 Å². The van der Waals surface area contributed by atoms with Crippen LogP contribution in [0.15, 0.2) is 77.9 Å². The number of nitrogens with zero attached hydrogens (tertiary/aromatic N) is 1. The van der Waals surface area contributed by atoms with Crippen LogP contribution < -0.4 is 14.9 Å². The van der Waals surface area contributed by atoms with Crippen molar-refractivity contribution in [3.63, 3.8) is 0 Å². The Hall–Kier alpha value is -4.04. The molecular formula is C23H19FN2O5. The molecule has 0 spiro atoms. The van der Waals surface area contributed by atoms with E-state index >= 15 is 0 Å². The molecule has 1 amide bonds. The molecule has 0 saturated carbocycles. The molecule has 0 aliphatic carbocycles. The van der Waals surface area contributed by atoms with Crippen LogP contribution >= 0.6 is 0 Å². The van der Waals surface area contributed by atoms with Crippen LogP contribution in [0.4, 0.5) is 4.39 Å². The maximum atomic E-state index is 13.3. The Balaban J connectivity index is 1.65. The van der Waals surface area contributed by atoms with Gasteiger partial charge in [-0.1, -0.05) is 36.4 Å². The van der Waals surface area contributed by atoms with E-state index in [4.69, 9.17) is 9.47 Å². The predicted octanol–water partition coefficient (Wildman–Crippen LogP) is 3.24. The summed E-state index contributed by atoms with van der Waals surface area (Å²) in [4.78, 5) is 24.2. The van der Waals surface area contributed by atoms with E-state index in [1.807, 2.05) is 0 Å². The quantitative estimate of drug-likeness (QED) is 0.264. The van der Waals surface area contributed by atoms with Gasteiger partial charge in [-0.2, -0.15) is 5.10 Å². The molecule has 7 nitrogen and oxygen atoms in total. The van der Waals surface area contributed by atoms with Gasteiger partial charge >= 0.3 is 5.97 Å². The van der Waals surface area contributed by atoms with E-state index in [0.29, 0.717) is 11.1 Å². The van der Waals surface area contributed by atoms with Crippen molar-refractivity contribution in [1.29, 1.82) is 0 Å². The van der Waals surface area contributed by atoms with Crippen LogP contribution in [-0.4, -0.2) is 30.3 Å². The zero-order valence-electron chi connectivity index (χ0n) is 16.5. The largest absolute Gasteiger partial charge is 0.493 e. The third-order valence-electron chi connectivity index (χ3n) is 4.20. The number of ether oxygens (including phenoxy) is 2. The van der Waals surface area contributed by atoms with E-state index in [2.05, 4.69) is 10.5 Å². The first kappa shape index (κ1) is 21.7. The minimum Gasteiger partial charge on any atom is -0.493 e. The Labute approximate surface area is 177 Å². The number of aliphatic hydroxyl groups excluding tert-OH is 1. The lowest BCUT2D eigenvalue weighted by Gasteiger charge is -2.10. The number of carbonyl (C=O) groups excluding carboxylic acids is 2. The molecule has 2 N–H and O–H groups in total.